The van der Waals surface area contributed by atoms with E-state index in [-0.39, 0.29) is 23.6 Å². The van der Waals surface area contributed by atoms with Crippen LogP contribution < -0.4 is 14.2 Å². The van der Waals surface area contributed by atoms with Crippen LogP contribution in [0.5, 0.6) is 17.2 Å². The Morgan fingerprint density at radius 3 is 2.08 bits per heavy atom. The van der Waals surface area contributed by atoms with Crippen molar-refractivity contribution in [2.45, 2.75) is 46.3 Å². The molecule has 1 aromatic heterocycles. The number of methoxy groups -OCH3 is 1. The number of hydrogen-bond acceptors (Lipinski definition) is 8. The van der Waals surface area contributed by atoms with Gasteiger partial charge in [0.05, 0.1) is 18.9 Å². The standard InChI is InChI=1S/C30H33NO7/c1-19(2)29(33)38-28-25(35-5)16-17-31-26(28)24(32)18-20(3)30(34)36-21(4)27(22-12-8-6-9-13-22)37-23-14-10-7-11-15-23/h6-17,19-21,27H,18H2,1-5H3/t20-,21+,27-/m1/s1. The summed E-state index contributed by atoms with van der Waals surface area (Å²) in [6.07, 6.45) is -0.0318. The van der Waals surface area contributed by atoms with Crippen LogP contribution in [-0.4, -0.2) is 35.9 Å². The third kappa shape index (κ3) is 7.41. The molecule has 8 nitrogen and oxygen atoms in total. The zero-order valence-electron chi connectivity index (χ0n) is 22.2. The van der Waals surface area contributed by atoms with Gasteiger partial charge in [0.2, 0.25) is 5.75 Å². The Labute approximate surface area is 222 Å². The Hall–Kier alpha value is -4.20. The fourth-order valence-electron chi connectivity index (χ4n) is 3.65. The molecule has 3 rings (SSSR count). The van der Waals surface area contributed by atoms with Crippen LogP contribution in [0.25, 0.3) is 0 Å². The Morgan fingerprint density at radius 1 is 0.842 bits per heavy atom. The number of carbonyl (C=O) groups excluding carboxylic acids is 3. The molecule has 1 heterocycles. The van der Waals surface area contributed by atoms with E-state index in [9.17, 15) is 14.4 Å². The minimum absolute atomic E-state index is 0.0620. The van der Waals surface area contributed by atoms with Gasteiger partial charge >= 0.3 is 11.9 Å². The molecule has 0 saturated carbocycles. The molecular formula is C30H33NO7. The maximum Gasteiger partial charge on any atom is 0.313 e. The first-order valence-electron chi connectivity index (χ1n) is 12.5. The molecule has 0 N–H and O–H groups in total. The number of rotatable bonds is 12. The van der Waals surface area contributed by atoms with Gasteiger partial charge in [-0.3, -0.25) is 14.4 Å². The Kier molecular flexibility index (Phi) is 9.99. The number of pyridine rings is 1. The quantitative estimate of drug-likeness (QED) is 0.225. The molecule has 0 aliphatic carbocycles. The highest BCUT2D eigenvalue weighted by molar-refractivity contribution is 6.00. The topological polar surface area (TPSA) is 101 Å². The maximum absolute atomic E-state index is 13.1. The molecule has 8 heteroatoms. The van der Waals surface area contributed by atoms with Crippen LogP contribution >= 0.6 is 0 Å². The van der Waals surface area contributed by atoms with Crippen LogP contribution in [0.2, 0.25) is 0 Å². The molecule has 0 spiro atoms. The second-order valence-corrected chi connectivity index (χ2v) is 9.20. The van der Waals surface area contributed by atoms with E-state index in [2.05, 4.69) is 4.98 Å². The van der Waals surface area contributed by atoms with Gasteiger partial charge < -0.3 is 18.9 Å². The zero-order valence-corrected chi connectivity index (χ0v) is 22.2. The summed E-state index contributed by atoms with van der Waals surface area (Å²) in [5, 5.41) is 0. The lowest BCUT2D eigenvalue weighted by molar-refractivity contribution is -0.157. The van der Waals surface area contributed by atoms with Gasteiger partial charge in [-0.25, -0.2) is 4.98 Å². The van der Waals surface area contributed by atoms with Crippen molar-refractivity contribution in [1.82, 2.24) is 4.98 Å². The number of carbonyl (C=O) groups is 3. The number of Topliss-reactive ketones (excluding diaryl/α,β-unsaturated/α-hetero) is 1. The number of ketones is 1. The third-order valence-electron chi connectivity index (χ3n) is 5.78. The van der Waals surface area contributed by atoms with Gasteiger partial charge in [-0.2, -0.15) is 0 Å². The Morgan fingerprint density at radius 2 is 1.47 bits per heavy atom. The molecule has 3 atom stereocenters. The Balaban J connectivity index is 1.73. The second kappa shape index (κ2) is 13.4. The fraction of sp³-hybridized carbons (Fsp3) is 0.333. The summed E-state index contributed by atoms with van der Waals surface area (Å²) >= 11 is 0. The number of para-hydroxylation sites is 1. The molecule has 0 bridgehead atoms. The molecule has 0 radical (unpaired) electrons. The highest BCUT2D eigenvalue weighted by Gasteiger charge is 2.30. The van der Waals surface area contributed by atoms with Crippen LogP contribution in [0.4, 0.5) is 0 Å². The average Bonchev–Trinajstić information content (AvgIpc) is 2.92. The molecular weight excluding hydrogens is 486 g/mol. The van der Waals surface area contributed by atoms with Crippen LogP contribution in [-0.2, 0) is 14.3 Å². The van der Waals surface area contributed by atoms with E-state index in [4.69, 9.17) is 18.9 Å². The van der Waals surface area contributed by atoms with E-state index in [1.807, 2.05) is 60.7 Å². The fourth-order valence-corrected chi connectivity index (χ4v) is 3.65. The molecule has 0 saturated heterocycles. The number of aromatic nitrogens is 1. The van der Waals surface area contributed by atoms with E-state index in [0.717, 1.165) is 5.56 Å². The SMILES string of the molecule is COc1ccnc(C(=O)C[C@@H](C)C(=O)O[C@@H](C)[C@@H](Oc2ccccc2)c2ccccc2)c1OC(=O)C(C)C. The summed E-state index contributed by atoms with van der Waals surface area (Å²) in [4.78, 5) is 42.5. The molecule has 38 heavy (non-hydrogen) atoms. The summed E-state index contributed by atoms with van der Waals surface area (Å²) in [6, 6.07) is 20.2. The molecule has 0 aliphatic rings. The van der Waals surface area contributed by atoms with Crippen molar-refractivity contribution in [3.63, 3.8) is 0 Å². The van der Waals surface area contributed by atoms with Crippen LogP contribution in [0.15, 0.2) is 72.9 Å². The first-order chi connectivity index (χ1) is 18.2. The minimum Gasteiger partial charge on any atom is -0.493 e. The normalized spacial score (nSPS) is 13.2. The van der Waals surface area contributed by atoms with Gasteiger partial charge in [-0.1, -0.05) is 69.3 Å². The molecule has 0 amide bonds. The predicted molar refractivity (Wildman–Crippen MR) is 141 cm³/mol. The van der Waals surface area contributed by atoms with Gasteiger partial charge in [0, 0.05) is 18.7 Å². The lowest BCUT2D eigenvalue weighted by Gasteiger charge is -2.26. The summed E-state index contributed by atoms with van der Waals surface area (Å²) in [7, 11) is 1.40. The van der Waals surface area contributed by atoms with Gasteiger partial charge in [-0.15, -0.1) is 0 Å². The highest BCUT2D eigenvalue weighted by atomic mass is 16.6. The van der Waals surface area contributed by atoms with Gasteiger partial charge in [0.1, 0.15) is 11.9 Å². The van der Waals surface area contributed by atoms with Crippen LogP contribution in [0.1, 0.15) is 56.3 Å². The number of esters is 2. The minimum atomic E-state index is -0.792. The largest absolute Gasteiger partial charge is 0.493 e. The first-order valence-corrected chi connectivity index (χ1v) is 12.5. The van der Waals surface area contributed by atoms with E-state index >= 15 is 0 Å². The maximum atomic E-state index is 13.1. The summed E-state index contributed by atoms with van der Waals surface area (Å²) in [5.74, 6) is -2.01. The van der Waals surface area contributed by atoms with E-state index in [1.165, 1.54) is 19.4 Å². The zero-order chi connectivity index (χ0) is 27.7. The van der Waals surface area contributed by atoms with Crippen molar-refractivity contribution in [3.8, 4) is 17.2 Å². The van der Waals surface area contributed by atoms with Crippen LogP contribution in [0, 0.1) is 11.8 Å². The number of benzene rings is 2. The van der Waals surface area contributed by atoms with Gasteiger partial charge in [0.25, 0.3) is 0 Å². The van der Waals surface area contributed by atoms with Crippen molar-refractivity contribution in [1.29, 1.82) is 0 Å². The first kappa shape index (κ1) is 28.4. The molecule has 2 aromatic carbocycles. The predicted octanol–water partition coefficient (Wildman–Crippen LogP) is 5.61. The lowest BCUT2D eigenvalue weighted by atomic mass is 10.0. The second-order valence-electron chi connectivity index (χ2n) is 9.20. The molecule has 0 fully saturated rings. The lowest BCUT2D eigenvalue weighted by Crippen LogP contribution is -2.30. The number of ether oxygens (including phenoxy) is 4. The molecule has 3 aromatic rings. The van der Waals surface area contributed by atoms with Crippen LogP contribution in [0.3, 0.4) is 0 Å². The van der Waals surface area contributed by atoms with E-state index in [0.29, 0.717) is 5.75 Å². The summed E-state index contributed by atoms with van der Waals surface area (Å²) in [5.41, 5.74) is 0.762. The van der Waals surface area contributed by atoms with Gasteiger partial charge in [0.15, 0.2) is 23.3 Å². The number of nitrogens with zero attached hydrogens (tertiary/aromatic N) is 1. The smallest absolute Gasteiger partial charge is 0.313 e. The highest BCUT2D eigenvalue weighted by Crippen LogP contribution is 2.32. The average molecular weight is 520 g/mol. The summed E-state index contributed by atoms with van der Waals surface area (Å²) < 4.78 is 22.6. The van der Waals surface area contributed by atoms with E-state index in [1.54, 1.807) is 27.7 Å². The number of hydrogen-bond donors (Lipinski definition) is 0. The van der Waals surface area contributed by atoms with Crippen molar-refractivity contribution in [2.75, 3.05) is 7.11 Å². The molecule has 0 aliphatic heterocycles. The molecule has 0 unspecified atom stereocenters. The van der Waals surface area contributed by atoms with Crippen molar-refractivity contribution < 1.29 is 33.3 Å². The Bertz CT molecular complexity index is 1230. The van der Waals surface area contributed by atoms with Gasteiger partial charge in [-0.05, 0) is 24.6 Å². The van der Waals surface area contributed by atoms with Crippen molar-refractivity contribution in [2.24, 2.45) is 11.8 Å². The summed E-state index contributed by atoms with van der Waals surface area (Å²) in [6.45, 7) is 6.70. The molecule has 200 valence electrons. The van der Waals surface area contributed by atoms with Crippen molar-refractivity contribution in [3.05, 3.63) is 84.2 Å². The monoisotopic (exact) mass is 519 g/mol. The van der Waals surface area contributed by atoms with E-state index < -0.39 is 41.8 Å². The van der Waals surface area contributed by atoms with Crippen molar-refractivity contribution >= 4 is 17.7 Å². The third-order valence-corrected chi connectivity index (χ3v) is 5.78.